The molecular weight excluding hydrogens is 1220 g/mol. The van der Waals surface area contributed by atoms with Gasteiger partial charge in [-0.3, -0.25) is 37.3 Å². The molecule has 0 spiro atoms. The third-order valence-corrected chi connectivity index (χ3v) is 19.5. The summed E-state index contributed by atoms with van der Waals surface area (Å²) in [4.78, 5) is 72.6. The monoisotopic (exact) mass is 1370 g/mol. The van der Waals surface area contributed by atoms with Crippen LogP contribution >= 0.6 is 15.6 Å². The molecule has 0 bridgehead atoms. The third kappa shape index (κ3) is 67.0. The summed E-state index contributed by atoms with van der Waals surface area (Å²) in [5.74, 6) is -1.31. The molecule has 6 atom stereocenters. The van der Waals surface area contributed by atoms with Gasteiger partial charge in [0, 0.05) is 25.7 Å². The zero-order valence-electron chi connectivity index (χ0n) is 60.4. The number of hydrogen-bond donors (Lipinski definition) is 3. The van der Waals surface area contributed by atoms with Crippen molar-refractivity contribution in [2.24, 2.45) is 5.92 Å². The second-order valence-corrected chi connectivity index (χ2v) is 29.8. The maximum absolute atomic E-state index is 13.1. The van der Waals surface area contributed by atoms with E-state index in [-0.39, 0.29) is 25.7 Å². The van der Waals surface area contributed by atoms with Gasteiger partial charge >= 0.3 is 39.5 Å². The predicted molar refractivity (Wildman–Crippen MR) is 377 cm³/mol. The minimum absolute atomic E-state index is 0.107. The van der Waals surface area contributed by atoms with Gasteiger partial charge in [-0.25, -0.2) is 9.13 Å². The molecule has 0 amide bonds. The van der Waals surface area contributed by atoms with E-state index in [0.717, 1.165) is 102 Å². The summed E-state index contributed by atoms with van der Waals surface area (Å²) in [5.41, 5.74) is 0. The first-order valence-corrected chi connectivity index (χ1v) is 41.7. The Morgan fingerprint density at radius 2 is 0.516 bits per heavy atom. The van der Waals surface area contributed by atoms with Crippen LogP contribution in [0.1, 0.15) is 388 Å². The number of phosphoric ester groups is 2. The number of phosphoric acid groups is 2. The summed E-state index contributed by atoms with van der Waals surface area (Å²) in [6.07, 6.45) is 55.4. The molecule has 17 nitrogen and oxygen atoms in total. The minimum atomic E-state index is -4.95. The van der Waals surface area contributed by atoms with E-state index in [9.17, 15) is 43.2 Å². The first kappa shape index (κ1) is 91.1. The van der Waals surface area contributed by atoms with Crippen LogP contribution in [-0.4, -0.2) is 96.7 Å². The molecule has 0 aliphatic carbocycles. The summed E-state index contributed by atoms with van der Waals surface area (Å²) in [7, 11) is -9.90. The molecule has 0 aliphatic rings. The van der Waals surface area contributed by atoms with Gasteiger partial charge in [0.15, 0.2) is 12.2 Å². The topological polar surface area (TPSA) is 237 Å². The molecule has 552 valence electrons. The second kappa shape index (κ2) is 67.3. The van der Waals surface area contributed by atoms with Crippen molar-refractivity contribution in [3.05, 3.63) is 0 Å². The summed E-state index contributed by atoms with van der Waals surface area (Å²) in [6.45, 7) is 7.28. The summed E-state index contributed by atoms with van der Waals surface area (Å²) >= 11 is 0. The first-order chi connectivity index (χ1) is 45.1. The maximum atomic E-state index is 13.1. The highest BCUT2D eigenvalue weighted by Crippen LogP contribution is 2.45. The van der Waals surface area contributed by atoms with Crippen molar-refractivity contribution in [1.82, 2.24) is 0 Å². The average molecular weight is 1370 g/mol. The maximum Gasteiger partial charge on any atom is 0.472 e. The highest BCUT2D eigenvalue weighted by atomic mass is 31.2. The number of hydrogen-bond acceptors (Lipinski definition) is 15. The van der Waals surface area contributed by atoms with E-state index < -0.39 is 97.5 Å². The SMILES string of the molecule is CCCCCCCCCCCCCCCCCCCCCC(=O)O[C@H](COC(=O)CCCCCCCCCCCCC(C)CC)COP(=O)(O)OC[C@@H](O)COP(=O)(O)OC[C@@H](COC(=O)CCCCCCCCCC)OC(=O)CCCCCCCCCCCCCC. The molecule has 0 saturated heterocycles. The predicted octanol–water partition coefficient (Wildman–Crippen LogP) is 21.7. The van der Waals surface area contributed by atoms with Crippen LogP contribution in [0, 0.1) is 5.92 Å². The van der Waals surface area contributed by atoms with Crippen LogP contribution in [0.2, 0.25) is 0 Å². The molecule has 0 heterocycles. The number of rotatable bonds is 74. The smallest absolute Gasteiger partial charge is 0.462 e. The van der Waals surface area contributed by atoms with Gasteiger partial charge in [0.1, 0.15) is 19.3 Å². The lowest BCUT2D eigenvalue weighted by atomic mass is 9.99. The van der Waals surface area contributed by atoms with Crippen molar-refractivity contribution in [3.8, 4) is 0 Å². The summed E-state index contributed by atoms with van der Waals surface area (Å²) in [5, 5.41) is 10.6. The molecule has 0 aromatic carbocycles. The molecule has 0 aromatic heterocycles. The Kier molecular flexibility index (Phi) is 65.9. The molecule has 19 heteroatoms. The Morgan fingerprint density at radius 1 is 0.301 bits per heavy atom. The van der Waals surface area contributed by atoms with E-state index in [4.69, 9.17) is 37.0 Å². The summed E-state index contributed by atoms with van der Waals surface area (Å²) in [6, 6.07) is 0. The van der Waals surface area contributed by atoms with Gasteiger partial charge in [-0.2, -0.15) is 0 Å². The molecule has 0 rings (SSSR count). The standard InChI is InChI=1S/C74H144O17P2/c1-6-10-13-16-19-22-24-26-27-28-29-30-31-32-34-40-45-50-55-60-74(79)91-70(64-85-72(77)58-53-48-43-38-36-35-37-41-46-51-56-67(5)9-4)66-89-93(82,83)87-62-68(75)61-86-92(80,81)88-65-69(63-84-71(76)57-52-47-42-21-18-15-12-8-3)90-73(78)59-54-49-44-39-33-25-23-20-17-14-11-7-2/h67-70,75H,6-66H2,1-5H3,(H,80,81)(H,82,83)/t67?,68-,69+,70+/m0/s1. The molecule has 0 radical (unpaired) electrons. The van der Waals surface area contributed by atoms with Crippen molar-refractivity contribution in [1.29, 1.82) is 0 Å². The summed E-state index contributed by atoms with van der Waals surface area (Å²) < 4.78 is 68.4. The van der Waals surface area contributed by atoms with Crippen LogP contribution in [0.15, 0.2) is 0 Å². The van der Waals surface area contributed by atoms with Gasteiger partial charge in [-0.1, -0.05) is 336 Å². The molecular formula is C74H144O17P2. The van der Waals surface area contributed by atoms with Gasteiger partial charge < -0.3 is 33.8 Å². The highest BCUT2D eigenvalue weighted by molar-refractivity contribution is 7.47. The van der Waals surface area contributed by atoms with E-state index in [1.165, 1.54) is 205 Å². The van der Waals surface area contributed by atoms with Gasteiger partial charge in [0.05, 0.1) is 26.4 Å². The largest absolute Gasteiger partial charge is 0.472 e. The van der Waals surface area contributed by atoms with Crippen LogP contribution in [0.5, 0.6) is 0 Å². The molecule has 0 saturated carbocycles. The normalized spacial score (nSPS) is 14.3. The lowest BCUT2D eigenvalue weighted by Gasteiger charge is -2.21. The molecule has 0 aliphatic heterocycles. The van der Waals surface area contributed by atoms with Crippen molar-refractivity contribution < 1.29 is 80.2 Å². The van der Waals surface area contributed by atoms with Crippen molar-refractivity contribution in [2.75, 3.05) is 39.6 Å². The number of aliphatic hydroxyl groups is 1. The van der Waals surface area contributed by atoms with E-state index in [1.54, 1.807) is 0 Å². The van der Waals surface area contributed by atoms with Crippen LogP contribution in [0.3, 0.4) is 0 Å². The molecule has 93 heavy (non-hydrogen) atoms. The average Bonchev–Trinajstić information content (AvgIpc) is 2.72. The van der Waals surface area contributed by atoms with E-state index in [1.807, 2.05) is 0 Å². The number of ether oxygens (including phenoxy) is 4. The zero-order chi connectivity index (χ0) is 68.4. The number of aliphatic hydroxyl groups excluding tert-OH is 1. The van der Waals surface area contributed by atoms with E-state index in [2.05, 4.69) is 34.6 Å². The number of carbonyl (C=O) groups is 4. The van der Waals surface area contributed by atoms with Crippen molar-refractivity contribution in [2.45, 2.75) is 406 Å². The third-order valence-electron chi connectivity index (χ3n) is 17.6. The zero-order valence-corrected chi connectivity index (χ0v) is 62.2. The van der Waals surface area contributed by atoms with Crippen LogP contribution in [-0.2, 0) is 65.4 Å². The number of unbranched alkanes of at least 4 members (excludes halogenated alkanes) is 45. The number of esters is 4. The van der Waals surface area contributed by atoms with E-state index in [0.29, 0.717) is 25.7 Å². The molecule has 0 fully saturated rings. The van der Waals surface area contributed by atoms with Gasteiger partial charge in [-0.05, 0) is 31.6 Å². The van der Waals surface area contributed by atoms with Gasteiger partial charge in [-0.15, -0.1) is 0 Å². The molecule has 3 N–H and O–H groups in total. The van der Waals surface area contributed by atoms with Gasteiger partial charge in [0.2, 0.25) is 0 Å². The second-order valence-electron chi connectivity index (χ2n) is 26.9. The van der Waals surface area contributed by atoms with Crippen molar-refractivity contribution in [3.63, 3.8) is 0 Å². The van der Waals surface area contributed by atoms with Crippen molar-refractivity contribution >= 4 is 39.5 Å². The quantitative estimate of drug-likeness (QED) is 0.0222. The van der Waals surface area contributed by atoms with Gasteiger partial charge in [0.25, 0.3) is 0 Å². The lowest BCUT2D eigenvalue weighted by Crippen LogP contribution is -2.30. The fourth-order valence-corrected chi connectivity index (χ4v) is 12.9. The Morgan fingerprint density at radius 3 is 0.763 bits per heavy atom. The fourth-order valence-electron chi connectivity index (χ4n) is 11.3. The fraction of sp³-hybridized carbons (Fsp3) is 0.946. The first-order valence-electron chi connectivity index (χ1n) is 38.7. The van der Waals surface area contributed by atoms with Crippen LogP contribution in [0.25, 0.3) is 0 Å². The Hall–Kier alpha value is -1.94. The molecule has 3 unspecified atom stereocenters. The Labute approximate surface area is 568 Å². The number of carbonyl (C=O) groups excluding carboxylic acids is 4. The van der Waals surface area contributed by atoms with Crippen LogP contribution < -0.4 is 0 Å². The lowest BCUT2D eigenvalue weighted by molar-refractivity contribution is -0.161. The highest BCUT2D eigenvalue weighted by Gasteiger charge is 2.30. The van der Waals surface area contributed by atoms with Crippen LogP contribution in [0.4, 0.5) is 0 Å². The Balaban J connectivity index is 5.20. The Bertz CT molecular complexity index is 1790. The van der Waals surface area contributed by atoms with E-state index >= 15 is 0 Å². The minimum Gasteiger partial charge on any atom is -0.462 e. The molecule has 0 aromatic rings.